The van der Waals surface area contributed by atoms with Crippen LogP contribution in [-0.2, 0) is 16.0 Å². The number of carboxylic acids is 1. The molecule has 0 atom stereocenters. The van der Waals surface area contributed by atoms with Crippen LogP contribution in [-0.4, -0.2) is 28.5 Å². The fraction of sp³-hybridized carbons (Fsp3) is 0.385. The molecule has 1 amide bonds. The summed E-state index contributed by atoms with van der Waals surface area (Å²) in [7, 11) is 0. The van der Waals surface area contributed by atoms with Crippen LogP contribution in [0.4, 0.5) is 5.69 Å². The summed E-state index contributed by atoms with van der Waals surface area (Å²) in [5.41, 5.74) is 0.614. The monoisotopic (exact) mass is 358 g/mol. The third-order valence-electron chi connectivity index (χ3n) is 2.74. The Morgan fingerprint density at radius 3 is 2.62 bits per heavy atom. The number of rotatable bonds is 8. The predicted octanol–water partition coefficient (Wildman–Crippen LogP) is 2.27. The Morgan fingerprint density at radius 2 is 2.05 bits per heavy atom. The fourth-order valence-electron chi connectivity index (χ4n) is 1.66. The molecule has 0 spiro atoms. The zero-order valence-electron chi connectivity index (χ0n) is 11.2. The summed E-state index contributed by atoms with van der Waals surface area (Å²) in [6.07, 6.45) is 1.30. The van der Waals surface area contributed by atoms with Crippen LogP contribution in [0.25, 0.3) is 0 Å². The molecule has 0 aliphatic rings. The van der Waals surface area contributed by atoms with E-state index in [1.807, 2.05) is 0 Å². The average molecular weight is 359 g/mol. The van der Waals surface area contributed by atoms with Crippen LogP contribution < -0.4 is 5.32 Å². The number of unbranched alkanes of at least 4 members (excludes halogenated alkanes) is 1. The summed E-state index contributed by atoms with van der Waals surface area (Å²) in [4.78, 5) is 32.1. The minimum absolute atomic E-state index is 0.0419. The SMILES string of the molecule is O=C(O)CCCCNC(=O)Cc1ccc([N+](=O)[O-])cc1Br. The number of nitro benzene ring substituents is 1. The molecule has 8 heteroatoms. The van der Waals surface area contributed by atoms with Crippen molar-refractivity contribution in [2.75, 3.05) is 6.54 Å². The van der Waals surface area contributed by atoms with Crippen LogP contribution in [0.1, 0.15) is 24.8 Å². The molecule has 1 aromatic rings. The molecule has 114 valence electrons. The van der Waals surface area contributed by atoms with Gasteiger partial charge >= 0.3 is 5.97 Å². The van der Waals surface area contributed by atoms with Gasteiger partial charge in [-0.05, 0) is 18.4 Å². The second-order valence-corrected chi connectivity index (χ2v) is 5.26. The number of halogens is 1. The topological polar surface area (TPSA) is 110 Å². The van der Waals surface area contributed by atoms with E-state index in [4.69, 9.17) is 5.11 Å². The standard InChI is InChI=1S/C13H15BrN2O5/c14-11-8-10(16(20)21)5-4-9(11)7-12(17)15-6-2-1-3-13(18)19/h4-5,8H,1-3,6-7H2,(H,15,17)(H,18,19). The smallest absolute Gasteiger partial charge is 0.303 e. The van der Waals surface area contributed by atoms with E-state index in [2.05, 4.69) is 21.2 Å². The molecule has 0 radical (unpaired) electrons. The first-order chi connectivity index (χ1) is 9.90. The maximum absolute atomic E-state index is 11.7. The number of nitrogens with zero attached hydrogens (tertiary/aromatic N) is 1. The Morgan fingerprint density at radius 1 is 1.33 bits per heavy atom. The minimum atomic E-state index is -0.851. The van der Waals surface area contributed by atoms with Gasteiger partial charge in [0.2, 0.25) is 5.91 Å². The molecule has 1 rings (SSSR count). The number of nitro groups is 1. The fourth-order valence-corrected chi connectivity index (χ4v) is 2.16. The van der Waals surface area contributed by atoms with Crippen LogP contribution in [0.15, 0.2) is 22.7 Å². The van der Waals surface area contributed by atoms with Gasteiger partial charge in [0.15, 0.2) is 0 Å². The van der Waals surface area contributed by atoms with Crippen molar-refractivity contribution in [3.05, 3.63) is 38.3 Å². The van der Waals surface area contributed by atoms with E-state index < -0.39 is 10.9 Å². The molecular formula is C13H15BrN2O5. The lowest BCUT2D eigenvalue weighted by Gasteiger charge is -2.06. The first-order valence-corrected chi connectivity index (χ1v) is 7.10. The van der Waals surface area contributed by atoms with Gasteiger partial charge in [-0.1, -0.05) is 22.0 Å². The molecule has 0 heterocycles. The number of hydrogen-bond acceptors (Lipinski definition) is 4. The van der Waals surface area contributed by atoms with Gasteiger partial charge in [-0.25, -0.2) is 0 Å². The van der Waals surface area contributed by atoms with Crippen LogP contribution in [0.3, 0.4) is 0 Å². The largest absolute Gasteiger partial charge is 0.481 e. The van der Waals surface area contributed by atoms with Crippen LogP contribution in [0.5, 0.6) is 0 Å². The lowest BCUT2D eigenvalue weighted by Crippen LogP contribution is -2.26. The van der Waals surface area contributed by atoms with Gasteiger partial charge in [-0.2, -0.15) is 0 Å². The Bertz CT molecular complexity index is 547. The molecule has 1 aromatic carbocycles. The highest BCUT2D eigenvalue weighted by molar-refractivity contribution is 9.10. The summed E-state index contributed by atoms with van der Waals surface area (Å²) in [6, 6.07) is 4.24. The molecule has 0 aliphatic carbocycles. The number of amides is 1. The van der Waals surface area contributed by atoms with Crippen molar-refractivity contribution in [1.29, 1.82) is 0 Å². The van der Waals surface area contributed by atoms with Gasteiger partial charge in [-0.15, -0.1) is 0 Å². The van der Waals surface area contributed by atoms with Gasteiger partial charge in [0.25, 0.3) is 5.69 Å². The van der Waals surface area contributed by atoms with Crippen LogP contribution in [0.2, 0.25) is 0 Å². The molecule has 0 aromatic heterocycles. The van der Waals surface area contributed by atoms with Gasteiger partial charge in [0.1, 0.15) is 0 Å². The van der Waals surface area contributed by atoms with Gasteiger partial charge in [-0.3, -0.25) is 19.7 Å². The third kappa shape index (κ3) is 6.35. The Kier molecular flexibility index (Phi) is 6.80. The van der Waals surface area contributed by atoms with Crippen molar-refractivity contribution in [3.8, 4) is 0 Å². The molecule has 0 aliphatic heterocycles. The zero-order chi connectivity index (χ0) is 15.8. The molecule has 0 bridgehead atoms. The number of hydrogen-bond donors (Lipinski definition) is 2. The van der Waals surface area contributed by atoms with Gasteiger partial charge in [0, 0.05) is 29.6 Å². The van der Waals surface area contributed by atoms with E-state index in [0.29, 0.717) is 29.4 Å². The Balaban J connectivity index is 2.41. The molecular weight excluding hydrogens is 344 g/mol. The Labute approximate surface area is 129 Å². The number of carboxylic acid groups (broad SMARTS) is 1. The van der Waals surface area contributed by atoms with Gasteiger partial charge in [0.05, 0.1) is 11.3 Å². The Hall–Kier alpha value is -1.96. The number of carbonyl (C=O) groups excluding carboxylic acids is 1. The van der Waals surface area contributed by atoms with Crippen LogP contribution >= 0.6 is 15.9 Å². The quantitative estimate of drug-likeness (QED) is 0.420. The first kappa shape index (κ1) is 17.1. The highest BCUT2D eigenvalue weighted by Crippen LogP contribution is 2.23. The highest BCUT2D eigenvalue weighted by Gasteiger charge is 2.11. The van der Waals surface area contributed by atoms with Crippen molar-refractivity contribution >= 4 is 33.5 Å². The lowest BCUT2D eigenvalue weighted by molar-refractivity contribution is -0.384. The third-order valence-corrected chi connectivity index (χ3v) is 3.48. The highest BCUT2D eigenvalue weighted by atomic mass is 79.9. The molecule has 7 nitrogen and oxygen atoms in total. The number of benzene rings is 1. The summed E-state index contributed by atoms with van der Waals surface area (Å²) >= 11 is 3.20. The van der Waals surface area contributed by atoms with E-state index in [1.54, 1.807) is 0 Å². The summed E-state index contributed by atoms with van der Waals surface area (Å²) in [5.74, 6) is -1.06. The zero-order valence-corrected chi connectivity index (χ0v) is 12.8. The lowest BCUT2D eigenvalue weighted by atomic mass is 10.1. The predicted molar refractivity (Wildman–Crippen MR) is 79.0 cm³/mol. The molecule has 0 fully saturated rings. The van der Waals surface area contributed by atoms with E-state index in [0.717, 1.165) is 0 Å². The molecule has 2 N–H and O–H groups in total. The summed E-state index contributed by atoms with van der Waals surface area (Å²) in [6.45, 7) is 0.413. The number of nitrogens with one attached hydrogen (secondary N) is 1. The maximum atomic E-state index is 11.7. The van der Waals surface area contributed by atoms with Crippen molar-refractivity contribution in [2.45, 2.75) is 25.7 Å². The first-order valence-electron chi connectivity index (χ1n) is 6.31. The summed E-state index contributed by atoms with van der Waals surface area (Å²) < 4.78 is 0.512. The van der Waals surface area contributed by atoms with Crippen molar-refractivity contribution in [2.24, 2.45) is 0 Å². The normalized spacial score (nSPS) is 10.1. The van der Waals surface area contributed by atoms with Crippen molar-refractivity contribution in [3.63, 3.8) is 0 Å². The minimum Gasteiger partial charge on any atom is -0.481 e. The second-order valence-electron chi connectivity index (χ2n) is 4.41. The molecule has 0 saturated carbocycles. The van der Waals surface area contributed by atoms with E-state index >= 15 is 0 Å². The maximum Gasteiger partial charge on any atom is 0.303 e. The number of aliphatic carboxylic acids is 1. The van der Waals surface area contributed by atoms with Gasteiger partial charge < -0.3 is 10.4 Å². The second kappa shape index (κ2) is 8.35. The molecule has 21 heavy (non-hydrogen) atoms. The summed E-state index contributed by atoms with van der Waals surface area (Å²) in [5, 5.41) is 21.8. The van der Waals surface area contributed by atoms with Crippen LogP contribution in [0, 0.1) is 10.1 Å². The average Bonchev–Trinajstić information content (AvgIpc) is 2.40. The molecule has 0 saturated heterocycles. The van der Waals surface area contributed by atoms with E-state index in [9.17, 15) is 19.7 Å². The van der Waals surface area contributed by atoms with Crippen molar-refractivity contribution in [1.82, 2.24) is 5.32 Å². The number of non-ortho nitro benzene ring substituents is 1. The van der Waals surface area contributed by atoms with E-state index in [1.165, 1.54) is 18.2 Å². The van der Waals surface area contributed by atoms with E-state index in [-0.39, 0.29) is 24.4 Å². The number of carbonyl (C=O) groups is 2. The molecule has 0 unspecified atom stereocenters. The van der Waals surface area contributed by atoms with Crippen molar-refractivity contribution < 1.29 is 19.6 Å².